The molecule has 12 aromatic carbocycles. The SMILES string of the molecule is [2H]c1c([2H])c([2H])c2c(c1[2H])c1c([2H])c([2H])c([2H])c([2H])c1n2-c1ccc2c(c1)N(c1c(-c3ccccc3)cccc1-c1ccccc1)c1cc(-n3c4ccc(C(C)(C)C)cc4c4cc(C(C)(C)C)ccc43)cc3c1B2c1ccc2c4ccccc4n(-c4ccccc4C#N)c2c1O3. The van der Waals surface area contributed by atoms with Crippen molar-refractivity contribution in [1.82, 2.24) is 13.7 Å². The van der Waals surface area contributed by atoms with Crippen molar-refractivity contribution in [2.75, 3.05) is 4.90 Å². The van der Waals surface area contributed by atoms with Crippen LogP contribution in [-0.4, -0.2) is 20.4 Å². The third kappa shape index (κ3) is 7.61. The van der Waals surface area contributed by atoms with Crippen LogP contribution in [0.4, 0.5) is 17.1 Å². The number of ether oxygens (including phenoxy) is 1. The van der Waals surface area contributed by atoms with Crippen LogP contribution in [-0.2, 0) is 10.8 Å². The molecule has 0 unspecified atom stereocenters. The fourth-order valence-electron chi connectivity index (χ4n) is 14.1. The molecule has 0 radical (unpaired) electrons. The number of anilines is 3. The van der Waals surface area contributed by atoms with E-state index in [0.717, 1.165) is 99.3 Å². The normalized spacial score (nSPS) is 14.2. The molecular weight excluding hydrogens is 1070 g/mol. The summed E-state index contributed by atoms with van der Waals surface area (Å²) < 4.78 is 88.6. The highest BCUT2D eigenvalue weighted by Crippen LogP contribution is 2.52. The molecule has 17 rings (SSSR count). The molecule has 15 aromatic rings. The van der Waals surface area contributed by atoms with E-state index in [1.807, 2.05) is 84.9 Å². The molecule has 0 bridgehead atoms. The minimum Gasteiger partial charge on any atom is -0.456 e. The highest BCUT2D eigenvalue weighted by atomic mass is 16.5. The Hall–Kier alpha value is -10.8. The Labute approximate surface area is 523 Å². The van der Waals surface area contributed by atoms with Gasteiger partial charge in [-0.1, -0.05) is 217 Å². The second kappa shape index (κ2) is 19.1. The molecule has 0 atom stereocenters. The second-order valence-corrected chi connectivity index (χ2v) is 25.4. The molecular formula is C81H60BN5O. The topological polar surface area (TPSA) is 51.0 Å². The van der Waals surface area contributed by atoms with E-state index >= 15 is 0 Å². The molecule has 6 nitrogen and oxygen atoms in total. The van der Waals surface area contributed by atoms with Gasteiger partial charge in [0.05, 0.1) is 66.7 Å². The van der Waals surface area contributed by atoms with Crippen LogP contribution in [0.2, 0.25) is 0 Å². The van der Waals surface area contributed by atoms with Gasteiger partial charge in [-0.05, 0) is 122 Å². The highest BCUT2D eigenvalue weighted by molar-refractivity contribution is 6.99. The number of aromatic nitrogens is 3. The van der Waals surface area contributed by atoms with Crippen molar-refractivity contribution in [3.63, 3.8) is 0 Å². The summed E-state index contributed by atoms with van der Waals surface area (Å²) in [5.41, 5.74) is 16.8. The van der Waals surface area contributed by atoms with Gasteiger partial charge in [-0.3, -0.25) is 0 Å². The zero-order valence-electron chi connectivity index (χ0n) is 57.4. The largest absolute Gasteiger partial charge is 0.456 e. The fraction of sp³-hybridized carbons (Fsp3) is 0.0988. The van der Waals surface area contributed by atoms with Crippen LogP contribution < -0.4 is 26.0 Å². The Morgan fingerprint density at radius 1 is 0.432 bits per heavy atom. The van der Waals surface area contributed by atoms with Crippen molar-refractivity contribution in [3.8, 4) is 56.9 Å². The lowest BCUT2D eigenvalue weighted by atomic mass is 9.34. The lowest BCUT2D eigenvalue weighted by Gasteiger charge is -2.42. The van der Waals surface area contributed by atoms with Crippen molar-refractivity contribution in [3.05, 3.63) is 271 Å². The Balaban J connectivity index is 1.07. The standard InChI is InChI=1S/C81H60BN5O/c1-80(2,3)53-36-42-71-63(44-53)64-45-54(81(4,5)6)37-43-72(64)85(71)56-47-74-76-75(48-56)88-79-66(41-39-62-61-29-16-20-35-70(61)86(78(62)79)67-32-17-13-26-52(67)49-83)82(76)65-40-38-55(84-68-33-18-14-27-59(68)60-28-15-19-34-69(60)84)46-73(65)87(74)77-57(50-22-9-7-10-23-50)30-21-31-58(77)51-24-11-8-12-25-51/h7-48H,1-6H3/i14D,15D,18D,19D,27D,28D,33D,34D. The quantitative estimate of drug-likeness (QED) is 0.156. The molecule has 0 aliphatic carbocycles. The summed E-state index contributed by atoms with van der Waals surface area (Å²) in [6, 6.07) is 70.3. The summed E-state index contributed by atoms with van der Waals surface area (Å²) in [5.74, 6) is 1.22. The van der Waals surface area contributed by atoms with E-state index in [1.54, 1.807) is 4.57 Å². The van der Waals surface area contributed by atoms with Gasteiger partial charge in [-0.2, -0.15) is 5.26 Å². The first kappa shape index (κ1) is 43.8. The molecule has 0 saturated heterocycles. The Bertz CT molecular complexity index is 5770. The van der Waals surface area contributed by atoms with Crippen LogP contribution >= 0.6 is 0 Å². The van der Waals surface area contributed by atoms with Crippen molar-refractivity contribution in [2.45, 2.75) is 52.4 Å². The number of nitrogens with zero attached hydrogens (tertiary/aromatic N) is 5. The molecule has 0 spiro atoms. The number of hydrogen-bond acceptors (Lipinski definition) is 3. The van der Waals surface area contributed by atoms with Crippen LogP contribution in [0.3, 0.4) is 0 Å². The van der Waals surface area contributed by atoms with Gasteiger partial charge in [0.25, 0.3) is 6.71 Å². The fourth-order valence-corrected chi connectivity index (χ4v) is 14.1. The van der Waals surface area contributed by atoms with Crippen molar-refractivity contribution >= 4 is 106 Å². The molecule has 5 heterocycles. The average molecular weight is 1140 g/mol. The van der Waals surface area contributed by atoms with E-state index in [1.165, 1.54) is 11.1 Å². The molecule has 7 heteroatoms. The summed E-state index contributed by atoms with van der Waals surface area (Å²) in [5, 5.41) is 15.0. The maximum absolute atomic E-state index is 10.9. The molecule has 3 aromatic heterocycles. The Kier molecular flexibility index (Phi) is 9.50. The number of nitriles is 1. The number of para-hydroxylation sites is 5. The van der Waals surface area contributed by atoms with E-state index in [9.17, 15) is 10.7 Å². The van der Waals surface area contributed by atoms with Crippen LogP contribution in [0.5, 0.6) is 11.5 Å². The van der Waals surface area contributed by atoms with Crippen molar-refractivity contribution in [1.29, 1.82) is 5.26 Å². The van der Waals surface area contributed by atoms with E-state index in [-0.39, 0.29) is 44.7 Å². The molecule has 0 saturated carbocycles. The van der Waals surface area contributed by atoms with Crippen LogP contribution in [0.1, 0.15) is 69.2 Å². The van der Waals surface area contributed by atoms with Gasteiger partial charge < -0.3 is 23.3 Å². The molecule has 0 amide bonds. The summed E-state index contributed by atoms with van der Waals surface area (Å²) in [4.78, 5) is 2.33. The summed E-state index contributed by atoms with van der Waals surface area (Å²) in [7, 11) is 0. The van der Waals surface area contributed by atoms with Gasteiger partial charge in [0, 0.05) is 66.6 Å². The Morgan fingerprint density at radius 2 is 0.989 bits per heavy atom. The predicted molar refractivity (Wildman–Crippen MR) is 368 cm³/mol. The smallest absolute Gasteiger partial charge is 0.256 e. The lowest BCUT2D eigenvalue weighted by Crippen LogP contribution is -2.59. The monoisotopic (exact) mass is 1140 g/mol. The number of benzene rings is 12. The van der Waals surface area contributed by atoms with Crippen molar-refractivity contribution < 1.29 is 15.7 Å². The lowest BCUT2D eigenvalue weighted by molar-refractivity contribution is 0.491. The van der Waals surface area contributed by atoms with E-state index < -0.39 is 43.0 Å². The number of fused-ring (bicyclic) bond motifs is 14. The third-order valence-corrected chi connectivity index (χ3v) is 18.3. The van der Waals surface area contributed by atoms with Gasteiger partial charge >= 0.3 is 0 Å². The minimum absolute atomic E-state index is 0.0101. The summed E-state index contributed by atoms with van der Waals surface area (Å²) >= 11 is 0. The van der Waals surface area contributed by atoms with Crippen LogP contribution in [0.25, 0.3) is 105 Å². The number of hydrogen-bond donors (Lipinski definition) is 0. The molecule has 2 aliphatic rings. The first-order chi connectivity index (χ1) is 46.2. The first-order valence-electron chi connectivity index (χ1n) is 33.9. The van der Waals surface area contributed by atoms with Gasteiger partial charge in [-0.25, -0.2) is 0 Å². The number of rotatable bonds is 6. The van der Waals surface area contributed by atoms with Crippen molar-refractivity contribution in [2.24, 2.45) is 0 Å². The molecule has 418 valence electrons. The molecule has 2 aliphatic heterocycles. The van der Waals surface area contributed by atoms with Crippen LogP contribution in [0.15, 0.2) is 255 Å². The third-order valence-electron chi connectivity index (χ3n) is 18.3. The predicted octanol–water partition coefficient (Wildman–Crippen LogP) is 19.2. The zero-order valence-corrected chi connectivity index (χ0v) is 49.4. The summed E-state index contributed by atoms with van der Waals surface area (Å²) in [6.07, 6.45) is 0. The average Bonchev–Trinajstić information content (AvgIpc) is 1.16. The van der Waals surface area contributed by atoms with Crippen LogP contribution in [0, 0.1) is 11.3 Å². The maximum atomic E-state index is 10.9. The van der Waals surface area contributed by atoms with E-state index in [0.29, 0.717) is 34.1 Å². The van der Waals surface area contributed by atoms with Gasteiger partial charge in [-0.15, -0.1) is 0 Å². The highest BCUT2D eigenvalue weighted by Gasteiger charge is 2.45. The minimum atomic E-state index is -0.561. The van der Waals surface area contributed by atoms with Gasteiger partial charge in [0.15, 0.2) is 0 Å². The zero-order chi connectivity index (χ0) is 66.3. The molecule has 0 fully saturated rings. The molecule has 88 heavy (non-hydrogen) atoms. The maximum Gasteiger partial charge on any atom is 0.256 e. The second-order valence-electron chi connectivity index (χ2n) is 25.4. The van der Waals surface area contributed by atoms with Gasteiger partial charge in [0.2, 0.25) is 0 Å². The Morgan fingerprint density at radius 3 is 1.62 bits per heavy atom. The van der Waals surface area contributed by atoms with Gasteiger partial charge in [0.1, 0.15) is 17.6 Å². The summed E-state index contributed by atoms with van der Waals surface area (Å²) in [6.45, 7) is 12.9. The molecule has 0 N–H and O–H groups in total. The van der Waals surface area contributed by atoms with E-state index in [4.69, 9.17) is 10.2 Å². The van der Waals surface area contributed by atoms with E-state index in [2.05, 4.69) is 183 Å². The first-order valence-corrected chi connectivity index (χ1v) is 29.9.